The lowest BCUT2D eigenvalue weighted by Gasteiger charge is -2.08. The third-order valence-corrected chi connectivity index (χ3v) is 2.12. The van der Waals surface area contributed by atoms with Gasteiger partial charge in [-0.2, -0.15) is 0 Å². The van der Waals surface area contributed by atoms with Crippen molar-refractivity contribution >= 4 is 0 Å². The lowest BCUT2D eigenvalue weighted by atomic mass is 10.1. The van der Waals surface area contributed by atoms with Crippen LogP contribution in [-0.4, -0.2) is 10.1 Å². The van der Waals surface area contributed by atoms with E-state index < -0.39 is 29.2 Å². The van der Waals surface area contributed by atoms with Crippen LogP contribution in [0.2, 0.25) is 0 Å². The fraction of sp³-hybridized carbons (Fsp3) is 0.111. The van der Waals surface area contributed by atoms with E-state index in [9.17, 15) is 18.0 Å². The highest BCUT2D eigenvalue weighted by Gasteiger charge is 2.18. The first-order valence-electron chi connectivity index (χ1n) is 4.45. The highest BCUT2D eigenvalue weighted by atomic mass is 19.2. The molecule has 0 aliphatic carbocycles. The normalized spacial score (nSPS) is 12.7. The Morgan fingerprint density at radius 3 is 2.35 bits per heavy atom. The van der Waals surface area contributed by atoms with Gasteiger partial charge >= 0.3 is 5.76 Å². The SMILES string of the molecule is NC(c1cc(F)c(F)c(F)c1)c1noc(=O)[nH]1. The van der Waals surface area contributed by atoms with Crippen LogP contribution in [-0.2, 0) is 0 Å². The Balaban J connectivity index is 2.44. The fourth-order valence-corrected chi connectivity index (χ4v) is 1.29. The highest BCUT2D eigenvalue weighted by Crippen LogP contribution is 2.20. The summed E-state index contributed by atoms with van der Waals surface area (Å²) in [4.78, 5) is 12.8. The van der Waals surface area contributed by atoms with E-state index in [0.717, 1.165) is 12.1 Å². The van der Waals surface area contributed by atoms with E-state index in [1.54, 1.807) is 0 Å². The van der Waals surface area contributed by atoms with Gasteiger partial charge in [-0.25, -0.2) is 18.0 Å². The van der Waals surface area contributed by atoms with Crippen LogP contribution < -0.4 is 11.5 Å². The molecule has 1 atom stereocenters. The zero-order valence-corrected chi connectivity index (χ0v) is 8.21. The molecule has 0 spiro atoms. The zero-order valence-electron chi connectivity index (χ0n) is 8.21. The molecular formula is C9H6F3N3O2. The number of halogens is 3. The second-order valence-corrected chi connectivity index (χ2v) is 3.26. The number of rotatable bonds is 2. The molecule has 0 aliphatic heterocycles. The van der Waals surface area contributed by atoms with Gasteiger partial charge in [-0.05, 0) is 17.7 Å². The topological polar surface area (TPSA) is 84.9 Å². The van der Waals surface area contributed by atoms with Gasteiger partial charge in [0.05, 0.1) is 6.04 Å². The molecule has 1 aromatic carbocycles. The highest BCUT2D eigenvalue weighted by molar-refractivity contribution is 5.26. The van der Waals surface area contributed by atoms with E-state index in [1.165, 1.54) is 0 Å². The number of nitrogens with one attached hydrogen (secondary N) is 1. The van der Waals surface area contributed by atoms with E-state index >= 15 is 0 Å². The number of aromatic nitrogens is 2. The quantitative estimate of drug-likeness (QED) is 0.767. The number of H-pyrrole nitrogens is 1. The lowest BCUT2D eigenvalue weighted by molar-refractivity contribution is 0.379. The summed E-state index contributed by atoms with van der Waals surface area (Å²) in [6.45, 7) is 0. The molecule has 0 saturated heterocycles. The lowest BCUT2D eigenvalue weighted by Crippen LogP contribution is -2.15. The van der Waals surface area contributed by atoms with Crippen molar-refractivity contribution in [1.29, 1.82) is 0 Å². The van der Waals surface area contributed by atoms with Gasteiger partial charge in [-0.3, -0.25) is 9.51 Å². The predicted octanol–water partition coefficient (Wildman–Crippen LogP) is 0.828. The van der Waals surface area contributed by atoms with Crippen molar-refractivity contribution in [3.05, 3.63) is 51.5 Å². The maximum absolute atomic E-state index is 12.9. The smallest absolute Gasteiger partial charge is 0.318 e. The Morgan fingerprint density at radius 1 is 1.29 bits per heavy atom. The van der Waals surface area contributed by atoms with Crippen LogP contribution in [0.5, 0.6) is 0 Å². The van der Waals surface area contributed by atoms with E-state index in [2.05, 4.69) is 14.7 Å². The third-order valence-electron chi connectivity index (χ3n) is 2.12. The summed E-state index contributed by atoms with van der Waals surface area (Å²) in [5, 5.41) is 3.27. The minimum absolute atomic E-state index is 0.0778. The molecule has 0 bridgehead atoms. The zero-order chi connectivity index (χ0) is 12.6. The van der Waals surface area contributed by atoms with Gasteiger partial charge in [0.2, 0.25) is 0 Å². The van der Waals surface area contributed by atoms with Crippen LogP contribution in [0.15, 0.2) is 21.5 Å². The Morgan fingerprint density at radius 2 is 1.88 bits per heavy atom. The Bertz CT molecular complexity index is 585. The summed E-state index contributed by atoms with van der Waals surface area (Å²) in [6.07, 6.45) is 0. The molecular weight excluding hydrogens is 239 g/mol. The number of nitrogens with zero attached hydrogens (tertiary/aromatic N) is 1. The second-order valence-electron chi connectivity index (χ2n) is 3.26. The van der Waals surface area contributed by atoms with Crippen molar-refractivity contribution in [3.8, 4) is 0 Å². The first-order chi connectivity index (χ1) is 7.99. The van der Waals surface area contributed by atoms with Crippen LogP contribution in [0.3, 0.4) is 0 Å². The minimum Gasteiger partial charge on any atom is -0.318 e. The average molecular weight is 245 g/mol. The molecule has 0 amide bonds. The predicted molar refractivity (Wildman–Crippen MR) is 49.5 cm³/mol. The van der Waals surface area contributed by atoms with E-state index in [1.807, 2.05) is 0 Å². The van der Waals surface area contributed by atoms with Crippen molar-refractivity contribution in [2.24, 2.45) is 5.73 Å². The molecule has 1 heterocycles. The van der Waals surface area contributed by atoms with Crippen LogP contribution >= 0.6 is 0 Å². The summed E-state index contributed by atoms with van der Waals surface area (Å²) in [7, 11) is 0. The monoisotopic (exact) mass is 245 g/mol. The maximum Gasteiger partial charge on any atom is 0.438 e. The summed E-state index contributed by atoms with van der Waals surface area (Å²) >= 11 is 0. The van der Waals surface area contributed by atoms with Gasteiger partial charge in [-0.15, -0.1) is 0 Å². The molecule has 8 heteroatoms. The molecule has 2 rings (SSSR count). The van der Waals surface area contributed by atoms with Crippen LogP contribution in [0.4, 0.5) is 13.2 Å². The summed E-state index contributed by atoms with van der Waals surface area (Å²) in [5.74, 6) is -5.30. The molecule has 0 saturated carbocycles. The van der Waals surface area contributed by atoms with Crippen LogP contribution in [0.25, 0.3) is 0 Å². The molecule has 5 nitrogen and oxygen atoms in total. The first-order valence-corrected chi connectivity index (χ1v) is 4.45. The number of hydrogen-bond donors (Lipinski definition) is 2. The number of nitrogens with two attached hydrogens (primary N) is 1. The van der Waals surface area contributed by atoms with Gasteiger partial charge in [0.15, 0.2) is 23.3 Å². The minimum atomic E-state index is -1.59. The van der Waals surface area contributed by atoms with Gasteiger partial charge in [0.1, 0.15) is 0 Å². The molecule has 0 radical (unpaired) electrons. The van der Waals surface area contributed by atoms with Gasteiger partial charge in [-0.1, -0.05) is 5.16 Å². The second kappa shape index (κ2) is 4.06. The molecule has 1 aromatic heterocycles. The average Bonchev–Trinajstić information content (AvgIpc) is 2.71. The molecule has 1 unspecified atom stereocenters. The molecule has 0 fully saturated rings. The van der Waals surface area contributed by atoms with Crippen molar-refractivity contribution in [3.63, 3.8) is 0 Å². The molecule has 90 valence electrons. The van der Waals surface area contributed by atoms with Crippen LogP contribution in [0, 0.1) is 17.5 Å². The Labute approximate surface area is 92.0 Å². The van der Waals surface area contributed by atoms with Crippen LogP contribution in [0.1, 0.15) is 17.4 Å². The van der Waals surface area contributed by atoms with Crippen molar-refractivity contribution in [2.45, 2.75) is 6.04 Å². The standard InChI is InChI=1S/C9H6F3N3O2/c10-4-1-3(2-5(11)6(4)12)7(13)8-14-9(16)17-15-8/h1-2,7H,13H2,(H,14,15,16). The van der Waals surface area contributed by atoms with Crippen molar-refractivity contribution in [2.75, 3.05) is 0 Å². The summed E-state index contributed by atoms with van der Waals surface area (Å²) in [6, 6.07) is 0.317. The Kier molecular flexibility index (Phi) is 2.72. The maximum atomic E-state index is 12.9. The molecule has 2 aromatic rings. The third kappa shape index (κ3) is 2.07. The van der Waals surface area contributed by atoms with E-state index in [0.29, 0.717) is 0 Å². The largest absolute Gasteiger partial charge is 0.438 e. The number of hydrogen-bond acceptors (Lipinski definition) is 4. The molecule has 17 heavy (non-hydrogen) atoms. The summed E-state index contributed by atoms with van der Waals surface area (Å²) < 4.78 is 42.8. The van der Waals surface area contributed by atoms with Gasteiger partial charge < -0.3 is 5.73 Å². The van der Waals surface area contributed by atoms with Crippen molar-refractivity contribution in [1.82, 2.24) is 10.1 Å². The van der Waals surface area contributed by atoms with Gasteiger partial charge in [0.25, 0.3) is 0 Å². The molecule has 3 N–H and O–H groups in total. The van der Waals surface area contributed by atoms with E-state index in [-0.39, 0.29) is 11.4 Å². The van der Waals surface area contributed by atoms with E-state index in [4.69, 9.17) is 5.73 Å². The number of benzene rings is 1. The fourth-order valence-electron chi connectivity index (χ4n) is 1.29. The Hall–Kier alpha value is -2.09. The number of aromatic amines is 1. The summed E-state index contributed by atoms with van der Waals surface area (Å²) in [5.41, 5.74) is 5.49. The van der Waals surface area contributed by atoms with Gasteiger partial charge in [0, 0.05) is 0 Å². The first kappa shape index (κ1) is 11.4. The molecule has 0 aliphatic rings. The van der Waals surface area contributed by atoms with Crippen molar-refractivity contribution < 1.29 is 17.7 Å².